The predicted molar refractivity (Wildman–Crippen MR) is 93.7 cm³/mol. The maximum absolute atomic E-state index is 12.0. The molecule has 2 aromatic heterocycles. The Bertz CT molecular complexity index is 751. The van der Waals surface area contributed by atoms with Gasteiger partial charge in [-0.1, -0.05) is 13.8 Å². The quantitative estimate of drug-likeness (QED) is 0.605. The average molecular weight is 354 g/mol. The summed E-state index contributed by atoms with van der Waals surface area (Å²) in [6, 6.07) is 0. The molecular weight excluding hydrogens is 334 g/mol. The maximum Gasteiger partial charge on any atom is 0.348 e. The number of hydrogen-bond acceptors (Lipinski definition) is 6. The fraction of sp³-hybridized carbons (Fsp3) is 0.562. The normalized spacial score (nSPS) is 21.7. The molecule has 0 aromatic carbocycles. The van der Waals surface area contributed by atoms with E-state index in [0.717, 1.165) is 34.7 Å². The number of carbonyl (C=O) groups excluding carboxylic acids is 1. The highest BCUT2D eigenvalue weighted by Crippen LogP contribution is 2.38. The molecule has 5 nitrogen and oxygen atoms in total. The number of nitrogens with zero attached hydrogens (tertiary/aromatic N) is 3. The number of aromatic nitrogens is 2. The van der Waals surface area contributed by atoms with Crippen molar-refractivity contribution in [1.29, 1.82) is 0 Å². The minimum atomic E-state index is -0.340. The second kappa shape index (κ2) is 6.24. The number of rotatable bonds is 2. The summed E-state index contributed by atoms with van der Waals surface area (Å²) in [5.74, 6) is 1.69. The lowest BCUT2D eigenvalue weighted by Crippen LogP contribution is -2.39. The Kier molecular flexibility index (Phi) is 4.47. The molecular formula is C16H20ClN3O2S. The van der Waals surface area contributed by atoms with Crippen molar-refractivity contribution in [1.82, 2.24) is 9.97 Å². The van der Waals surface area contributed by atoms with Gasteiger partial charge in [0.25, 0.3) is 0 Å². The van der Waals surface area contributed by atoms with Gasteiger partial charge in [0, 0.05) is 13.1 Å². The Hall–Kier alpha value is -1.40. The number of anilines is 1. The van der Waals surface area contributed by atoms with Gasteiger partial charge in [0.15, 0.2) is 0 Å². The number of aryl methyl sites for hydroxylation is 1. The molecule has 1 saturated heterocycles. The zero-order valence-electron chi connectivity index (χ0n) is 13.7. The molecule has 2 aromatic rings. The highest BCUT2D eigenvalue weighted by atomic mass is 35.5. The molecule has 1 aliphatic heterocycles. The summed E-state index contributed by atoms with van der Waals surface area (Å²) in [5, 5.41) is 1.14. The lowest BCUT2D eigenvalue weighted by atomic mass is 9.92. The van der Waals surface area contributed by atoms with E-state index in [0.29, 0.717) is 16.7 Å². The van der Waals surface area contributed by atoms with Crippen LogP contribution in [0.3, 0.4) is 0 Å². The Morgan fingerprint density at radius 1 is 1.30 bits per heavy atom. The summed E-state index contributed by atoms with van der Waals surface area (Å²) in [4.78, 5) is 24.3. The zero-order valence-corrected chi connectivity index (χ0v) is 15.3. The first-order valence-electron chi connectivity index (χ1n) is 7.70. The van der Waals surface area contributed by atoms with Gasteiger partial charge in [-0.25, -0.2) is 9.78 Å². The molecule has 0 bridgehead atoms. The maximum atomic E-state index is 12.0. The van der Waals surface area contributed by atoms with E-state index >= 15 is 0 Å². The summed E-state index contributed by atoms with van der Waals surface area (Å²) in [7, 11) is 1.39. The van der Waals surface area contributed by atoms with Crippen molar-refractivity contribution >= 4 is 44.9 Å². The van der Waals surface area contributed by atoms with Crippen LogP contribution in [0, 0.1) is 18.8 Å². The fourth-order valence-electron chi connectivity index (χ4n) is 3.44. The SMILES string of the molecule is COC(=O)c1sc2nc(Cl)nc(N3CC(C)CC(C)C3)c2c1C. The molecule has 0 radical (unpaired) electrons. The lowest BCUT2D eigenvalue weighted by molar-refractivity contribution is 0.0605. The lowest BCUT2D eigenvalue weighted by Gasteiger charge is -2.36. The third-order valence-electron chi connectivity index (χ3n) is 4.28. The molecule has 3 rings (SSSR count). The van der Waals surface area contributed by atoms with Crippen LogP contribution in [-0.4, -0.2) is 36.1 Å². The number of hydrogen-bond donors (Lipinski definition) is 0. The van der Waals surface area contributed by atoms with Gasteiger partial charge in [-0.2, -0.15) is 4.98 Å². The van der Waals surface area contributed by atoms with Crippen LogP contribution in [-0.2, 0) is 4.74 Å². The molecule has 0 N–H and O–H groups in total. The highest BCUT2D eigenvalue weighted by Gasteiger charge is 2.27. The first kappa shape index (κ1) is 16.5. The molecule has 2 atom stereocenters. The molecule has 0 saturated carbocycles. The summed E-state index contributed by atoms with van der Waals surface area (Å²) >= 11 is 7.45. The first-order valence-corrected chi connectivity index (χ1v) is 8.90. The largest absolute Gasteiger partial charge is 0.465 e. The molecule has 2 unspecified atom stereocenters. The number of halogens is 1. The van der Waals surface area contributed by atoms with E-state index in [2.05, 4.69) is 28.7 Å². The van der Waals surface area contributed by atoms with Crippen LogP contribution in [0.2, 0.25) is 5.28 Å². The summed E-state index contributed by atoms with van der Waals surface area (Å²) in [6.07, 6.45) is 1.22. The van der Waals surface area contributed by atoms with E-state index in [1.54, 1.807) is 0 Å². The van der Waals surface area contributed by atoms with Crippen molar-refractivity contribution in [2.24, 2.45) is 11.8 Å². The van der Waals surface area contributed by atoms with Crippen molar-refractivity contribution in [2.45, 2.75) is 27.2 Å². The van der Waals surface area contributed by atoms with Crippen LogP contribution in [0.5, 0.6) is 0 Å². The topological polar surface area (TPSA) is 55.3 Å². The smallest absolute Gasteiger partial charge is 0.348 e. The first-order chi connectivity index (χ1) is 10.9. The van der Waals surface area contributed by atoms with E-state index in [1.807, 2.05) is 6.92 Å². The monoisotopic (exact) mass is 353 g/mol. The Labute approximate surface area is 144 Å². The van der Waals surface area contributed by atoms with Gasteiger partial charge in [-0.3, -0.25) is 0 Å². The Balaban J connectivity index is 2.16. The van der Waals surface area contributed by atoms with Crippen LogP contribution in [0.25, 0.3) is 10.2 Å². The van der Waals surface area contributed by atoms with E-state index in [4.69, 9.17) is 16.3 Å². The number of thiophene rings is 1. The van der Waals surface area contributed by atoms with E-state index in [-0.39, 0.29) is 11.3 Å². The molecule has 0 spiro atoms. The standard InChI is InChI=1S/C16H20ClN3O2S/c1-8-5-9(2)7-20(6-8)13-11-10(3)12(15(21)22-4)23-14(11)19-16(17)18-13/h8-9H,5-7H2,1-4H3. The summed E-state index contributed by atoms with van der Waals surface area (Å²) in [6.45, 7) is 8.31. The van der Waals surface area contributed by atoms with E-state index in [9.17, 15) is 4.79 Å². The number of carbonyl (C=O) groups is 1. The predicted octanol–water partition coefficient (Wildman–Crippen LogP) is 3.92. The van der Waals surface area contributed by atoms with Crippen LogP contribution >= 0.6 is 22.9 Å². The molecule has 23 heavy (non-hydrogen) atoms. The van der Waals surface area contributed by atoms with Crippen molar-refractivity contribution in [3.63, 3.8) is 0 Å². The van der Waals surface area contributed by atoms with Gasteiger partial charge in [0.2, 0.25) is 5.28 Å². The third kappa shape index (κ3) is 3.02. The number of methoxy groups -OCH3 is 1. The summed E-state index contributed by atoms with van der Waals surface area (Å²) in [5.41, 5.74) is 0.870. The van der Waals surface area contributed by atoms with Gasteiger partial charge in [-0.15, -0.1) is 11.3 Å². The third-order valence-corrected chi connectivity index (χ3v) is 5.62. The van der Waals surface area contributed by atoms with Gasteiger partial charge in [-0.05, 0) is 42.3 Å². The number of piperidine rings is 1. The number of fused-ring (bicyclic) bond motifs is 1. The van der Waals surface area contributed by atoms with Crippen molar-refractivity contribution < 1.29 is 9.53 Å². The van der Waals surface area contributed by atoms with Gasteiger partial charge in [0.1, 0.15) is 15.5 Å². The van der Waals surface area contributed by atoms with Crippen LogP contribution < -0.4 is 4.90 Å². The molecule has 1 aliphatic rings. The Morgan fingerprint density at radius 2 is 1.96 bits per heavy atom. The van der Waals surface area contributed by atoms with Gasteiger partial charge < -0.3 is 9.64 Å². The second-order valence-corrected chi connectivity index (χ2v) is 7.73. The zero-order chi connectivity index (χ0) is 16.7. The molecule has 0 amide bonds. The van der Waals surface area contributed by atoms with E-state index < -0.39 is 0 Å². The van der Waals surface area contributed by atoms with Crippen LogP contribution in [0.1, 0.15) is 35.5 Å². The van der Waals surface area contributed by atoms with Gasteiger partial charge in [0.05, 0.1) is 12.5 Å². The van der Waals surface area contributed by atoms with Gasteiger partial charge >= 0.3 is 5.97 Å². The second-order valence-electron chi connectivity index (χ2n) is 6.40. The molecule has 7 heteroatoms. The number of ether oxygens (including phenoxy) is 1. The molecule has 1 fully saturated rings. The van der Waals surface area contributed by atoms with Crippen molar-refractivity contribution in [2.75, 3.05) is 25.1 Å². The number of esters is 1. The van der Waals surface area contributed by atoms with Crippen LogP contribution in [0.4, 0.5) is 5.82 Å². The molecule has 124 valence electrons. The minimum absolute atomic E-state index is 0.219. The molecule has 0 aliphatic carbocycles. The van der Waals surface area contributed by atoms with Crippen molar-refractivity contribution in [3.8, 4) is 0 Å². The van der Waals surface area contributed by atoms with Crippen molar-refractivity contribution in [3.05, 3.63) is 15.7 Å². The fourth-order valence-corrected chi connectivity index (χ4v) is 4.75. The Morgan fingerprint density at radius 3 is 2.57 bits per heavy atom. The van der Waals surface area contributed by atoms with E-state index in [1.165, 1.54) is 24.9 Å². The average Bonchev–Trinajstić information content (AvgIpc) is 2.81. The minimum Gasteiger partial charge on any atom is -0.465 e. The van der Waals surface area contributed by atoms with Crippen LogP contribution in [0.15, 0.2) is 0 Å². The molecule has 3 heterocycles. The summed E-state index contributed by atoms with van der Waals surface area (Å²) < 4.78 is 4.87. The highest BCUT2D eigenvalue weighted by molar-refractivity contribution is 7.20.